The van der Waals surface area contributed by atoms with E-state index in [1.165, 1.54) is 166 Å². The lowest BCUT2D eigenvalue weighted by Crippen LogP contribution is -2.12. The number of hydrogen-bond donors (Lipinski definition) is 0. The first-order chi connectivity index (χ1) is 17.7. The van der Waals surface area contributed by atoms with Crippen LogP contribution >= 0.6 is 0 Å². The highest BCUT2D eigenvalue weighted by Gasteiger charge is 2.17. The second-order valence-electron chi connectivity index (χ2n) is 11.8. The minimum Gasteiger partial charge on any atom is -0.332 e. The first-order valence-electron chi connectivity index (χ1n) is 16.8. The number of nitrogens with zero attached hydrogens (tertiary/aromatic N) is 2. The molecule has 0 radical (unpaired) electrons. The van der Waals surface area contributed by atoms with Gasteiger partial charge < -0.3 is 4.57 Å². The average Bonchev–Trinajstić information content (AvgIpc) is 3.38. The van der Waals surface area contributed by atoms with Crippen LogP contribution < -0.4 is 0 Å². The van der Waals surface area contributed by atoms with Gasteiger partial charge in [-0.3, -0.25) is 0 Å². The molecule has 0 amide bonds. The van der Waals surface area contributed by atoms with Crippen molar-refractivity contribution < 1.29 is 0 Å². The fourth-order valence-electron chi connectivity index (χ4n) is 5.83. The molecule has 0 N–H and O–H groups in total. The molecule has 0 saturated carbocycles. The van der Waals surface area contributed by atoms with Gasteiger partial charge in [0.2, 0.25) is 0 Å². The van der Waals surface area contributed by atoms with E-state index in [-0.39, 0.29) is 0 Å². The second-order valence-corrected chi connectivity index (χ2v) is 11.8. The van der Waals surface area contributed by atoms with Crippen LogP contribution in [-0.4, -0.2) is 9.55 Å². The van der Waals surface area contributed by atoms with Gasteiger partial charge in [-0.15, -0.1) is 0 Å². The molecule has 0 saturated heterocycles. The van der Waals surface area contributed by atoms with Gasteiger partial charge in [-0.2, -0.15) is 0 Å². The van der Waals surface area contributed by atoms with Crippen molar-refractivity contribution in [2.24, 2.45) is 0 Å². The third-order valence-electron chi connectivity index (χ3n) is 8.41. The first-order valence-corrected chi connectivity index (χ1v) is 16.8. The Morgan fingerprint density at radius 1 is 0.556 bits per heavy atom. The Morgan fingerprint density at radius 2 is 0.944 bits per heavy atom. The first kappa shape index (κ1) is 33.2. The Balaban J connectivity index is 2.06. The molecule has 0 spiro atoms. The molecule has 0 aliphatic rings. The van der Waals surface area contributed by atoms with Crippen LogP contribution in [0.15, 0.2) is 12.4 Å². The summed E-state index contributed by atoms with van der Waals surface area (Å²) in [6.45, 7) is 9.36. The highest BCUT2D eigenvalue weighted by atomic mass is 15.1. The normalized spacial score (nSPS) is 13.3. The number of aromatic nitrogens is 2. The lowest BCUT2D eigenvalue weighted by atomic mass is 9.96. The molecular weight excluding hydrogens is 436 g/mol. The Bertz CT molecular complexity index is 563. The van der Waals surface area contributed by atoms with E-state index < -0.39 is 0 Å². The molecule has 2 nitrogen and oxygen atoms in total. The summed E-state index contributed by atoms with van der Waals surface area (Å²) in [6, 6.07) is 0.591. The van der Waals surface area contributed by atoms with Gasteiger partial charge in [-0.1, -0.05) is 162 Å². The maximum absolute atomic E-state index is 4.83. The van der Waals surface area contributed by atoms with Crippen LogP contribution in [0.25, 0.3) is 0 Å². The van der Waals surface area contributed by atoms with Crippen molar-refractivity contribution in [2.45, 2.75) is 200 Å². The number of rotatable bonds is 27. The van der Waals surface area contributed by atoms with Gasteiger partial charge >= 0.3 is 0 Å². The molecule has 1 aromatic heterocycles. The Morgan fingerprint density at radius 3 is 1.36 bits per heavy atom. The molecule has 2 unspecified atom stereocenters. The van der Waals surface area contributed by atoms with E-state index in [0.29, 0.717) is 12.0 Å². The van der Waals surface area contributed by atoms with E-state index in [4.69, 9.17) is 4.98 Å². The van der Waals surface area contributed by atoms with Crippen LogP contribution in [0, 0.1) is 0 Å². The smallest absolute Gasteiger partial charge is 0.111 e. The molecule has 36 heavy (non-hydrogen) atoms. The third kappa shape index (κ3) is 16.9. The summed E-state index contributed by atoms with van der Waals surface area (Å²) in [6.07, 6.45) is 39.5. The highest BCUT2D eigenvalue weighted by Crippen LogP contribution is 2.28. The van der Waals surface area contributed by atoms with Gasteiger partial charge in [0.05, 0.1) is 0 Å². The van der Waals surface area contributed by atoms with Crippen LogP contribution in [0.4, 0.5) is 0 Å². The van der Waals surface area contributed by atoms with E-state index in [9.17, 15) is 0 Å². The molecule has 0 aromatic carbocycles. The zero-order valence-electron chi connectivity index (χ0n) is 25.4. The Labute approximate surface area is 227 Å². The molecule has 212 valence electrons. The lowest BCUT2D eigenvalue weighted by molar-refractivity contribution is 0.425. The van der Waals surface area contributed by atoms with Crippen LogP contribution in [0.1, 0.15) is 206 Å². The van der Waals surface area contributed by atoms with Crippen molar-refractivity contribution in [1.29, 1.82) is 0 Å². The summed E-state index contributed by atoms with van der Waals surface area (Å²) in [7, 11) is 0. The summed E-state index contributed by atoms with van der Waals surface area (Å²) in [5, 5.41) is 0. The SMILES string of the molecule is CCCCCCCCCCCCCCCCCCC(CC)c1nccn1C(C)CCCCCCCC. The van der Waals surface area contributed by atoms with Crippen molar-refractivity contribution in [2.75, 3.05) is 0 Å². The number of unbranched alkanes of at least 4 members (excludes halogenated alkanes) is 20. The van der Waals surface area contributed by atoms with Crippen LogP contribution in [0.3, 0.4) is 0 Å². The molecular formula is C34H66N2. The summed E-state index contributed by atoms with van der Waals surface area (Å²) in [4.78, 5) is 4.83. The number of imidazole rings is 1. The predicted molar refractivity (Wildman–Crippen MR) is 162 cm³/mol. The topological polar surface area (TPSA) is 17.8 Å². The summed E-state index contributed by atoms with van der Waals surface area (Å²) < 4.78 is 2.51. The van der Waals surface area contributed by atoms with Crippen LogP contribution in [0.5, 0.6) is 0 Å². The molecule has 0 bridgehead atoms. The van der Waals surface area contributed by atoms with Gasteiger partial charge in [0.1, 0.15) is 5.82 Å². The fraction of sp³-hybridized carbons (Fsp3) is 0.912. The minimum absolute atomic E-state index is 0.591. The van der Waals surface area contributed by atoms with E-state index in [1.807, 2.05) is 6.20 Å². The van der Waals surface area contributed by atoms with Crippen LogP contribution in [-0.2, 0) is 0 Å². The quantitative estimate of drug-likeness (QED) is 0.109. The molecule has 2 atom stereocenters. The monoisotopic (exact) mass is 503 g/mol. The molecule has 0 aliphatic carbocycles. The van der Waals surface area contributed by atoms with Gasteiger partial charge in [0.25, 0.3) is 0 Å². The Hall–Kier alpha value is -0.790. The van der Waals surface area contributed by atoms with Gasteiger partial charge in [-0.05, 0) is 26.2 Å². The number of hydrogen-bond acceptors (Lipinski definition) is 1. The van der Waals surface area contributed by atoms with E-state index >= 15 is 0 Å². The predicted octanol–water partition coefficient (Wildman–Crippen LogP) is 12.3. The highest BCUT2D eigenvalue weighted by molar-refractivity contribution is 5.02. The molecule has 0 fully saturated rings. The molecule has 2 heteroatoms. The second kappa shape index (κ2) is 24.5. The van der Waals surface area contributed by atoms with Gasteiger partial charge in [0.15, 0.2) is 0 Å². The zero-order chi connectivity index (χ0) is 26.1. The van der Waals surface area contributed by atoms with Crippen molar-refractivity contribution >= 4 is 0 Å². The fourth-order valence-corrected chi connectivity index (χ4v) is 5.83. The molecule has 0 aliphatic heterocycles. The Kier molecular flexibility index (Phi) is 22.7. The molecule has 1 aromatic rings. The van der Waals surface area contributed by atoms with Crippen molar-refractivity contribution in [1.82, 2.24) is 9.55 Å². The molecule has 1 heterocycles. The maximum atomic E-state index is 4.83. The zero-order valence-corrected chi connectivity index (χ0v) is 25.4. The molecule has 1 rings (SSSR count). The van der Waals surface area contributed by atoms with Gasteiger partial charge in [-0.25, -0.2) is 4.98 Å². The minimum atomic E-state index is 0.591. The van der Waals surface area contributed by atoms with Crippen molar-refractivity contribution in [3.63, 3.8) is 0 Å². The van der Waals surface area contributed by atoms with Crippen molar-refractivity contribution in [3.8, 4) is 0 Å². The largest absolute Gasteiger partial charge is 0.332 e. The lowest BCUT2D eigenvalue weighted by Gasteiger charge is -2.21. The van der Waals surface area contributed by atoms with E-state index in [1.54, 1.807) is 0 Å². The summed E-state index contributed by atoms with van der Waals surface area (Å²) in [5.74, 6) is 2.00. The van der Waals surface area contributed by atoms with Gasteiger partial charge in [0, 0.05) is 24.4 Å². The standard InChI is InChI=1S/C34H66N2/c1-5-8-10-12-14-15-16-17-18-19-20-21-22-23-25-27-29-33(7-3)34-35-30-31-36(34)32(4)28-26-24-13-11-9-6-2/h30-33H,5-29H2,1-4H3. The average molecular weight is 503 g/mol. The van der Waals surface area contributed by atoms with E-state index in [0.717, 1.165) is 0 Å². The van der Waals surface area contributed by atoms with Crippen LogP contribution in [0.2, 0.25) is 0 Å². The summed E-state index contributed by atoms with van der Waals surface area (Å²) in [5.41, 5.74) is 0. The maximum Gasteiger partial charge on any atom is 0.111 e. The third-order valence-corrected chi connectivity index (χ3v) is 8.41. The van der Waals surface area contributed by atoms with E-state index in [2.05, 4.69) is 38.5 Å². The van der Waals surface area contributed by atoms with Crippen molar-refractivity contribution in [3.05, 3.63) is 18.2 Å². The summed E-state index contributed by atoms with van der Waals surface area (Å²) >= 11 is 0.